The van der Waals surface area contributed by atoms with Gasteiger partial charge in [-0.15, -0.1) is 0 Å². The van der Waals surface area contributed by atoms with Crippen molar-refractivity contribution in [3.05, 3.63) is 22.4 Å². The summed E-state index contributed by atoms with van der Waals surface area (Å²) in [5.41, 5.74) is 5.18. The van der Waals surface area contributed by atoms with E-state index >= 15 is 0 Å². The molecule has 0 spiro atoms. The first-order valence-electron chi connectivity index (χ1n) is 6.85. The summed E-state index contributed by atoms with van der Waals surface area (Å²) in [6.45, 7) is 6.35. The smallest absolute Gasteiger partial charge is 0.286 e. The fourth-order valence-electron chi connectivity index (χ4n) is 1.59. The Bertz CT molecular complexity index is 500. The molecule has 1 rings (SSSR count). The summed E-state index contributed by atoms with van der Waals surface area (Å²) in [5.74, 6) is -0.234. The van der Waals surface area contributed by atoms with Crippen molar-refractivity contribution in [1.82, 2.24) is 15.4 Å². The molecule has 0 fully saturated rings. The van der Waals surface area contributed by atoms with Crippen LogP contribution in [0.3, 0.4) is 0 Å². The maximum absolute atomic E-state index is 11.9. The van der Waals surface area contributed by atoms with Crippen molar-refractivity contribution < 1.29 is 14.3 Å². The molecule has 0 bridgehead atoms. The van der Waals surface area contributed by atoms with Crippen LogP contribution in [0.15, 0.2) is 16.7 Å². The van der Waals surface area contributed by atoms with Crippen LogP contribution in [0.1, 0.15) is 37.7 Å². The molecule has 1 aromatic rings. The Kier molecular flexibility index (Phi) is 6.91. The minimum absolute atomic E-state index is 0.375. The number of carbonyl (C=O) groups excluding carboxylic acids is 2. The van der Waals surface area contributed by atoms with Crippen LogP contribution >= 0.6 is 15.9 Å². The van der Waals surface area contributed by atoms with Gasteiger partial charge in [0, 0.05) is 24.3 Å². The van der Waals surface area contributed by atoms with Gasteiger partial charge in [-0.3, -0.25) is 20.4 Å². The monoisotopic (exact) mass is 359 g/mol. The summed E-state index contributed by atoms with van der Waals surface area (Å²) >= 11 is 3.29. The van der Waals surface area contributed by atoms with Crippen LogP contribution in [0.25, 0.3) is 0 Å². The van der Waals surface area contributed by atoms with Gasteiger partial charge in [0.2, 0.25) is 0 Å². The number of amides is 2. The van der Waals surface area contributed by atoms with Gasteiger partial charge in [0.15, 0.2) is 0 Å². The molecular weight excluding hydrogens is 338 g/mol. The maximum Gasteiger partial charge on any atom is 0.286 e. The van der Waals surface area contributed by atoms with Crippen LogP contribution < -0.4 is 10.9 Å². The molecular formula is C14H22BrN3O3. The topological polar surface area (TPSA) is 72.4 Å². The summed E-state index contributed by atoms with van der Waals surface area (Å²) < 4.78 is 7.86. The number of aryl methyl sites for hydroxylation is 1. The van der Waals surface area contributed by atoms with Gasteiger partial charge in [-0.2, -0.15) is 0 Å². The quantitative estimate of drug-likeness (QED) is 0.763. The molecule has 7 heteroatoms. The number of nitrogens with one attached hydrogen (secondary N) is 2. The van der Waals surface area contributed by atoms with Crippen molar-refractivity contribution in [2.24, 2.45) is 13.0 Å². The number of aromatic nitrogens is 1. The van der Waals surface area contributed by atoms with E-state index in [9.17, 15) is 9.59 Å². The fourth-order valence-corrected chi connectivity index (χ4v) is 2.11. The predicted octanol–water partition coefficient (Wildman–Crippen LogP) is 2.00. The number of halogens is 1. The van der Waals surface area contributed by atoms with E-state index in [0.29, 0.717) is 18.2 Å². The molecule has 0 aromatic carbocycles. The molecule has 1 heterocycles. The molecule has 0 aliphatic carbocycles. The minimum atomic E-state index is -0.607. The predicted molar refractivity (Wildman–Crippen MR) is 83.6 cm³/mol. The molecule has 0 aliphatic heterocycles. The van der Waals surface area contributed by atoms with Crippen LogP contribution in [0, 0.1) is 5.92 Å². The normalized spacial score (nSPS) is 12.3. The van der Waals surface area contributed by atoms with Crippen LogP contribution in [-0.2, 0) is 16.6 Å². The first-order valence-corrected chi connectivity index (χ1v) is 7.64. The Morgan fingerprint density at radius 1 is 1.33 bits per heavy atom. The highest BCUT2D eigenvalue weighted by atomic mass is 79.9. The molecule has 1 atom stereocenters. The number of hydrazine groups is 1. The van der Waals surface area contributed by atoms with Crippen molar-refractivity contribution in [3.8, 4) is 0 Å². The minimum Gasteiger partial charge on any atom is -0.369 e. The zero-order valence-corrected chi connectivity index (χ0v) is 14.4. The highest BCUT2D eigenvalue weighted by Crippen LogP contribution is 2.13. The average Bonchev–Trinajstić information content (AvgIpc) is 2.74. The van der Waals surface area contributed by atoms with Crippen molar-refractivity contribution in [3.63, 3.8) is 0 Å². The van der Waals surface area contributed by atoms with E-state index in [-0.39, 0.29) is 11.8 Å². The van der Waals surface area contributed by atoms with E-state index in [0.717, 1.165) is 10.9 Å². The van der Waals surface area contributed by atoms with Crippen molar-refractivity contribution in [2.45, 2.75) is 33.3 Å². The Balaban J connectivity index is 2.38. The van der Waals surface area contributed by atoms with Crippen LogP contribution in [0.5, 0.6) is 0 Å². The van der Waals surface area contributed by atoms with Crippen molar-refractivity contribution in [1.29, 1.82) is 0 Å². The number of nitrogens with zero attached hydrogens (tertiary/aromatic N) is 1. The third kappa shape index (κ3) is 5.89. The van der Waals surface area contributed by atoms with Crippen LogP contribution in [0.4, 0.5) is 0 Å². The molecule has 0 saturated carbocycles. The van der Waals surface area contributed by atoms with Gasteiger partial charge >= 0.3 is 0 Å². The second kappa shape index (κ2) is 8.19. The molecule has 118 valence electrons. The van der Waals surface area contributed by atoms with Crippen LogP contribution in [0.2, 0.25) is 0 Å². The van der Waals surface area contributed by atoms with Gasteiger partial charge in [0.25, 0.3) is 11.8 Å². The third-order valence-electron chi connectivity index (χ3n) is 2.94. The largest absolute Gasteiger partial charge is 0.369 e. The molecule has 0 saturated heterocycles. The van der Waals surface area contributed by atoms with Gasteiger partial charge in [-0.25, -0.2) is 0 Å². The summed E-state index contributed by atoms with van der Waals surface area (Å²) in [7, 11) is 1.75. The zero-order chi connectivity index (χ0) is 16.0. The van der Waals surface area contributed by atoms with E-state index in [4.69, 9.17) is 4.74 Å². The maximum atomic E-state index is 11.9. The van der Waals surface area contributed by atoms with Gasteiger partial charge in [0.05, 0.1) is 0 Å². The Morgan fingerprint density at radius 3 is 2.52 bits per heavy atom. The van der Waals surface area contributed by atoms with E-state index in [1.54, 1.807) is 30.8 Å². The molecule has 0 unspecified atom stereocenters. The second-order valence-corrected chi connectivity index (χ2v) is 6.21. The van der Waals surface area contributed by atoms with Gasteiger partial charge < -0.3 is 9.30 Å². The number of carbonyl (C=O) groups is 2. The summed E-state index contributed by atoms with van der Waals surface area (Å²) in [6.07, 6.45) is 2.04. The molecule has 2 N–H and O–H groups in total. The first kappa shape index (κ1) is 17.7. The van der Waals surface area contributed by atoms with Crippen molar-refractivity contribution >= 4 is 27.7 Å². The SMILES string of the molecule is CC(C)CCO[C@@H](C)C(=O)NNC(=O)c1cc(Br)cn1C. The summed E-state index contributed by atoms with van der Waals surface area (Å²) in [5, 5.41) is 0. The zero-order valence-electron chi connectivity index (χ0n) is 12.8. The van der Waals surface area contributed by atoms with Crippen molar-refractivity contribution in [2.75, 3.05) is 6.61 Å². The van der Waals surface area contributed by atoms with E-state index in [1.165, 1.54) is 0 Å². The number of hydrogen-bond donors (Lipinski definition) is 2. The molecule has 21 heavy (non-hydrogen) atoms. The lowest BCUT2D eigenvalue weighted by atomic mass is 10.1. The van der Waals surface area contributed by atoms with Crippen LogP contribution in [-0.4, -0.2) is 29.1 Å². The first-order chi connectivity index (χ1) is 9.81. The van der Waals surface area contributed by atoms with E-state index in [1.807, 2.05) is 0 Å². The molecule has 2 amide bonds. The number of ether oxygens (including phenoxy) is 1. The Morgan fingerprint density at radius 2 is 2.00 bits per heavy atom. The standard InChI is InChI=1S/C14H22BrN3O3/c1-9(2)5-6-21-10(3)13(19)16-17-14(20)12-7-11(15)8-18(12)4/h7-10H,5-6H2,1-4H3,(H,16,19)(H,17,20)/t10-/m0/s1. The molecule has 6 nitrogen and oxygen atoms in total. The fraction of sp³-hybridized carbons (Fsp3) is 0.571. The summed E-state index contributed by atoms with van der Waals surface area (Å²) in [6, 6.07) is 1.67. The Labute approximate surface area is 133 Å². The molecule has 0 aliphatic rings. The highest BCUT2D eigenvalue weighted by Gasteiger charge is 2.16. The lowest BCUT2D eigenvalue weighted by Gasteiger charge is -2.14. The number of hydrogen-bond acceptors (Lipinski definition) is 3. The van der Waals surface area contributed by atoms with Gasteiger partial charge in [0.1, 0.15) is 11.8 Å². The lowest BCUT2D eigenvalue weighted by molar-refractivity contribution is -0.132. The second-order valence-electron chi connectivity index (χ2n) is 5.29. The van der Waals surface area contributed by atoms with Gasteiger partial charge in [-0.05, 0) is 41.3 Å². The molecule has 0 radical (unpaired) electrons. The summed E-state index contributed by atoms with van der Waals surface area (Å²) in [4.78, 5) is 23.7. The van der Waals surface area contributed by atoms with E-state index in [2.05, 4.69) is 40.6 Å². The lowest BCUT2D eigenvalue weighted by Crippen LogP contribution is -2.46. The Hall–Kier alpha value is -1.34. The number of rotatable bonds is 6. The highest BCUT2D eigenvalue weighted by molar-refractivity contribution is 9.10. The average molecular weight is 360 g/mol. The van der Waals surface area contributed by atoms with Gasteiger partial charge in [-0.1, -0.05) is 13.8 Å². The third-order valence-corrected chi connectivity index (χ3v) is 3.37. The molecule has 1 aromatic heterocycles. The van der Waals surface area contributed by atoms with E-state index < -0.39 is 6.10 Å².